The first-order chi connectivity index (χ1) is 4.43. The van der Waals surface area contributed by atoms with Crippen LogP contribution in [0.4, 0.5) is 0 Å². The molecule has 0 aromatic rings. The zero-order chi connectivity index (χ0) is 6.53. The number of hydrogen-bond acceptors (Lipinski definition) is 1. The molecule has 1 aliphatic heterocycles. The molecule has 0 radical (unpaired) electrons. The third-order valence-corrected chi connectivity index (χ3v) is 1.45. The van der Waals surface area contributed by atoms with Crippen LogP contribution in [-0.2, 0) is 0 Å². The zero-order valence-electron chi connectivity index (χ0n) is 5.88. The van der Waals surface area contributed by atoms with Crippen LogP contribution in [0.5, 0.6) is 0 Å². The molecule has 0 aromatic heterocycles. The number of nitrogens with zero attached hydrogens (tertiary/aromatic N) is 1. The molecule has 1 aliphatic rings. The SMILES string of the molecule is C/C=C/N1CC=CCC1. The van der Waals surface area contributed by atoms with Gasteiger partial charge in [-0.2, -0.15) is 0 Å². The highest BCUT2D eigenvalue weighted by Gasteiger charge is 1.97. The summed E-state index contributed by atoms with van der Waals surface area (Å²) in [6.07, 6.45) is 9.87. The molecular weight excluding hydrogens is 110 g/mol. The van der Waals surface area contributed by atoms with Crippen molar-refractivity contribution in [1.29, 1.82) is 0 Å². The van der Waals surface area contributed by atoms with Gasteiger partial charge in [0, 0.05) is 13.1 Å². The Balaban J connectivity index is 2.35. The van der Waals surface area contributed by atoms with Gasteiger partial charge >= 0.3 is 0 Å². The Kier molecular flexibility index (Phi) is 2.37. The van der Waals surface area contributed by atoms with Crippen LogP contribution in [0.15, 0.2) is 24.4 Å². The fraction of sp³-hybridized carbons (Fsp3) is 0.500. The van der Waals surface area contributed by atoms with E-state index in [2.05, 4.69) is 36.3 Å². The Morgan fingerprint density at radius 2 is 2.33 bits per heavy atom. The maximum absolute atomic E-state index is 2.31. The molecule has 0 saturated heterocycles. The molecule has 0 bridgehead atoms. The molecule has 1 rings (SSSR count). The molecule has 1 heteroatoms. The van der Waals surface area contributed by atoms with Gasteiger partial charge in [-0.05, 0) is 19.5 Å². The monoisotopic (exact) mass is 123 g/mol. The van der Waals surface area contributed by atoms with E-state index in [4.69, 9.17) is 0 Å². The third kappa shape index (κ3) is 1.92. The normalized spacial score (nSPS) is 19.4. The molecule has 1 nitrogen and oxygen atoms in total. The van der Waals surface area contributed by atoms with E-state index in [1.54, 1.807) is 0 Å². The highest BCUT2D eigenvalue weighted by atomic mass is 15.1. The number of rotatable bonds is 1. The van der Waals surface area contributed by atoms with E-state index in [0.717, 1.165) is 6.54 Å². The summed E-state index contributed by atoms with van der Waals surface area (Å²) in [6.45, 7) is 4.32. The van der Waals surface area contributed by atoms with E-state index < -0.39 is 0 Å². The summed E-state index contributed by atoms with van der Waals surface area (Å²) in [7, 11) is 0. The molecule has 1 heterocycles. The summed E-state index contributed by atoms with van der Waals surface area (Å²) < 4.78 is 0. The maximum atomic E-state index is 2.31. The lowest BCUT2D eigenvalue weighted by molar-refractivity contribution is 0.409. The highest BCUT2D eigenvalue weighted by Crippen LogP contribution is 2.00. The molecule has 0 amide bonds. The predicted molar refractivity (Wildman–Crippen MR) is 40.1 cm³/mol. The van der Waals surface area contributed by atoms with Crippen LogP contribution in [0, 0.1) is 0 Å². The lowest BCUT2D eigenvalue weighted by atomic mass is 10.3. The van der Waals surface area contributed by atoms with Crippen LogP contribution in [0.2, 0.25) is 0 Å². The minimum atomic E-state index is 1.09. The summed E-state index contributed by atoms with van der Waals surface area (Å²) in [5.74, 6) is 0. The van der Waals surface area contributed by atoms with Gasteiger partial charge in [-0.25, -0.2) is 0 Å². The van der Waals surface area contributed by atoms with Gasteiger partial charge < -0.3 is 4.90 Å². The largest absolute Gasteiger partial charge is 0.374 e. The van der Waals surface area contributed by atoms with Gasteiger partial charge in [-0.15, -0.1) is 0 Å². The van der Waals surface area contributed by atoms with Crippen LogP contribution in [0.1, 0.15) is 13.3 Å². The minimum Gasteiger partial charge on any atom is -0.374 e. The fourth-order valence-electron chi connectivity index (χ4n) is 1.01. The molecule has 0 atom stereocenters. The van der Waals surface area contributed by atoms with Crippen LogP contribution in [-0.4, -0.2) is 18.0 Å². The van der Waals surface area contributed by atoms with E-state index in [9.17, 15) is 0 Å². The second-order valence-corrected chi connectivity index (χ2v) is 2.24. The van der Waals surface area contributed by atoms with Crippen molar-refractivity contribution in [1.82, 2.24) is 4.90 Å². The smallest absolute Gasteiger partial charge is 0.0354 e. The van der Waals surface area contributed by atoms with Gasteiger partial charge in [0.1, 0.15) is 0 Å². The van der Waals surface area contributed by atoms with E-state index in [1.807, 2.05) is 0 Å². The van der Waals surface area contributed by atoms with E-state index in [1.165, 1.54) is 13.0 Å². The van der Waals surface area contributed by atoms with Crippen molar-refractivity contribution in [3.63, 3.8) is 0 Å². The molecular formula is C8H13N. The van der Waals surface area contributed by atoms with Gasteiger partial charge in [-0.3, -0.25) is 0 Å². The van der Waals surface area contributed by atoms with E-state index in [0.29, 0.717) is 0 Å². The van der Waals surface area contributed by atoms with Crippen LogP contribution < -0.4 is 0 Å². The molecule has 0 spiro atoms. The van der Waals surface area contributed by atoms with Crippen LogP contribution >= 0.6 is 0 Å². The Labute approximate surface area is 56.7 Å². The van der Waals surface area contributed by atoms with E-state index >= 15 is 0 Å². The first-order valence-electron chi connectivity index (χ1n) is 3.45. The van der Waals surface area contributed by atoms with Crippen molar-refractivity contribution in [2.75, 3.05) is 13.1 Å². The molecule has 0 aromatic carbocycles. The molecule has 50 valence electrons. The quantitative estimate of drug-likeness (QED) is 0.480. The lowest BCUT2D eigenvalue weighted by Gasteiger charge is -2.20. The fourth-order valence-corrected chi connectivity index (χ4v) is 1.01. The summed E-state index contributed by atoms with van der Waals surface area (Å²) in [5.41, 5.74) is 0. The van der Waals surface area contributed by atoms with Crippen molar-refractivity contribution < 1.29 is 0 Å². The predicted octanol–water partition coefficient (Wildman–Crippen LogP) is 1.78. The van der Waals surface area contributed by atoms with Gasteiger partial charge in [0.2, 0.25) is 0 Å². The van der Waals surface area contributed by atoms with Crippen molar-refractivity contribution in [3.8, 4) is 0 Å². The molecule has 0 aliphatic carbocycles. The van der Waals surface area contributed by atoms with Crippen molar-refractivity contribution in [2.45, 2.75) is 13.3 Å². The number of allylic oxidation sites excluding steroid dienone is 1. The van der Waals surface area contributed by atoms with Crippen LogP contribution in [0.25, 0.3) is 0 Å². The van der Waals surface area contributed by atoms with Crippen molar-refractivity contribution >= 4 is 0 Å². The zero-order valence-corrected chi connectivity index (χ0v) is 5.88. The summed E-state index contributed by atoms with van der Waals surface area (Å²) in [4.78, 5) is 2.31. The van der Waals surface area contributed by atoms with E-state index in [-0.39, 0.29) is 0 Å². The Morgan fingerprint density at radius 3 is 2.89 bits per heavy atom. The highest BCUT2D eigenvalue weighted by molar-refractivity contribution is 4.94. The van der Waals surface area contributed by atoms with Gasteiger partial charge in [0.25, 0.3) is 0 Å². The average molecular weight is 123 g/mol. The van der Waals surface area contributed by atoms with Crippen molar-refractivity contribution in [3.05, 3.63) is 24.4 Å². The van der Waals surface area contributed by atoms with Crippen LogP contribution in [0.3, 0.4) is 0 Å². The first-order valence-corrected chi connectivity index (χ1v) is 3.45. The van der Waals surface area contributed by atoms with Gasteiger partial charge in [0.15, 0.2) is 0 Å². The molecule has 0 saturated carbocycles. The second kappa shape index (κ2) is 3.33. The lowest BCUT2D eigenvalue weighted by Crippen LogP contribution is -2.20. The second-order valence-electron chi connectivity index (χ2n) is 2.24. The van der Waals surface area contributed by atoms with Gasteiger partial charge in [-0.1, -0.05) is 18.2 Å². The minimum absolute atomic E-state index is 1.09. The summed E-state index contributed by atoms with van der Waals surface area (Å²) in [6, 6.07) is 0. The Bertz CT molecular complexity index is 125. The van der Waals surface area contributed by atoms with Gasteiger partial charge in [0.05, 0.1) is 0 Å². The standard InChI is InChI=1S/C8H13N/c1-2-6-9-7-4-3-5-8-9/h2-4,6H,5,7-8H2,1H3/b6-2+. The van der Waals surface area contributed by atoms with Crippen molar-refractivity contribution in [2.24, 2.45) is 0 Å². The topological polar surface area (TPSA) is 3.24 Å². The molecule has 0 N–H and O–H groups in total. The summed E-state index contributed by atoms with van der Waals surface area (Å²) in [5, 5.41) is 0. The maximum Gasteiger partial charge on any atom is 0.0354 e. The summed E-state index contributed by atoms with van der Waals surface area (Å²) >= 11 is 0. The molecule has 9 heavy (non-hydrogen) atoms. The molecule has 0 unspecified atom stereocenters. The first kappa shape index (κ1) is 6.40. The molecule has 0 fully saturated rings. The average Bonchev–Trinajstić information content (AvgIpc) is 1.91. The Morgan fingerprint density at radius 1 is 1.44 bits per heavy atom. The number of hydrogen-bond donors (Lipinski definition) is 0. The third-order valence-electron chi connectivity index (χ3n) is 1.45. The Hall–Kier alpha value is -0.720.